The molecule has 2 aliphatic heterocycles. The molecule has 27 heavy (non-hydrogen) atoms. The van der Waals surface area contributed by atoms with Gasteiger partial charge in [0.25, 0.3) is 5.91 Å². The van der Waals surface area contributed by atoms with E-state index in [4.69, 9.17) is 0 Å². The number of hydrogen-bond acceptors (Lipinski definition) is 7. The Morgan fingerprint density at radius 2 is 2.11 bits per heavy atom. The minimum absolute atomic E-state index is 0.0107. The van der Waals surface area contributed by atoms with Crippen molar-refractivity contribution in [1.29, 1.82) is 0 Å². The maximum absolute atomic E-state index is 12.4. The number of nitrogens with zero attached hydrogens (tertiary/aromatic N) is 2. The van der Waals surface area contributed by atoms with Crippen molar-refractivity contribution < 1.29 is 13.2 Å². The first-order valence-corrected chi connectivity index (χ1v) is 11.2. The minimum atomic E-state index is -2.96. The van der Waals surface area contributed by atoms with E-state index in [1.165, 1.54) is 11.8 Å². The number of aliphatic imine (C=N–C) groups is 1. The van der Waals surface area contributed by atoms with Gasteiger partial charge < -0.3 is 10.6 Å². The Morgan fingerprint density at radius 3 is 2.89 bits per heavy atom. The Hall–Kier alpha value is -2.39. The fourth-order valence-corrected chi connectivity index (χ4v) is 6.74. The lowest BCUT2D eigenvalue weighted by Crippen LogP contribution is -2.23. The molecule has 1 fully saturated rings. The summed E-state index contributed by atoms with van der Waals surface area (Å²) in [6.45, 7) is 0.407. The molecule has 2 aromatic rings. The highest BCUT2D eigenvalue weighted by molar-refractivity contribution is 8.15. The topological polar surface area (TPSA) is 101 Å². The number of hydrogen-bond donors (Lipinski definition) is 2. The molecule has 0 radical (unpaired) electrons. The maximum Gasteiger partial charge on any atom is 0.251 e. The van der Waals surface area contributed by atoms with Crippen molar-refractivity contribution in [1.82, 2.24) is 10.3 Å². The van der Waals surface area contributed by atoms with Crippen LogP contribution in [-0.2, 0) is 16.4 Å². The molecular formula is C18H18N4O3S2. The fraction of sp³-hybridized carbons (Fsp3) is 0.278. The highest BCUT2D eigenvalue weighted by atomic mass is 32.2. The van der Waals surface area contributed by atoms with Crippen LogP contribution in [0.5, 0.6) is 0 Å². The van der Waals surface area contributed by atoms with E-state index in [0.717, 1.165) is 11.3 Å². The van der Waals surface area contributed by atoms with Gasteiger partial charge in [-0.1, -0.05) is 23.9 Å². The Balaban J connectivity index is 1.39. The van der Waals surface area contributed by atoms with Gasteiger partial charge in [-0.3, -0.25) is 14.8 Å². The summed E-state index contributed by atoms with van der Waals surface area (Å²) in [4.78, 5) is 20.9. The second kappa shape index (κ2) is 7.32. The number of nitrogens with one attached hydrogen (secondary N) is 2. The molecule has 3 heterocycles. The number of amides is 1. The normalized spacial score (nSPS) is 22.7. The smallest absolute Gasteiger partial charge is 0.251 e. The number of carbonyl (C=O) groups excluding carboxylic acids is 1. The molecule has 7 nitrogen and oxygen atoms in total. The predicted molar refractivity (Wildman–Crippen MR) is 107 cm³/mol. The molecule has 2 atom stereocenters. The van der Waals surface area contributed by atoms with Gasteiger partial charge in [0.1, 0.15) is 0 Å². The molecule has 2 N–H and O–H groups in total. The van der Waals surface area contributed by atoms with Crippen molar-refractivity contribution in [3.8, 4) is 0 Å². The number of benzene rings is 1. The van der Waals surface area contributed by atoms with E-state index in [1.807, 2.05) is 18.2 Å². The number of rotatable bonds is 4. The van der Waals surface area contributed by atoms with E-state index in [2.05, 4.69) is 20.6 Å². The third-order valence-electron chi connectivity index (χ3n) is 4.37. The lowest BCUT2D eigenvalue weighted by molar-refractivity contribution is 0.0951. The quantitative estimate of drug-likeness (QED) is 0.807. The second-order valence-corrected chi connectivity index (χ2v) is 9.87. The highest BCUT2D eigenvalue weighted by Gasteiger charge is 2.42. The number of aromatic nitrogens is 1. The van der Waals surface area contributed by atoms with Gasteiger partial charge in [-0.25, -0.2) is 8.42 Å². The van der Waals surface area contributed by atoms with Crippen LogP contribution in [0.15, 0.2) is 53.8 Å². The molecule has 0 bridgehead atoms. The molecule has 1 saturated heterocycles. The summed E-state index contributed by atoms with van der Waals surface area (Å²) in [6, 6.07) is 10.7. The molecular weight excluding hydrogens is 384 g/mol. The van der Waals surface area contributed by atoms with Gasteiger partial charge in [-0.05, 0) is 29.8 Å². The van der Waals surface area contributed by atoms with Gasteiger partial charge in [0.05, 0.1) is 17.5 Å². The third-order valence-corrected chi connectivity index (χ3v) is 7.51. The van der Waals surface area contributed by atoms with E-state index in [9.17, 15) is 13.2 Å². The van der Waals surface area contributed by atoms with Crippen molar-refractivity contribution in [2.24, 2.45) is 4.99 Å². The summed E-state index contributed by atoms with van der Waals surface area (Å²) in [6.07, 6.45) is 3.40. The van der Waals surface area contributed by atoms with Crippen LogP contribution in [0.4, 0.5) is 5.69 Å². The van der Waals surface area contributed by atoms with Crippen LogP contribution in [-0.4, -0.2) is 47.3 Å². The average Bonchev–Trinajstić information content (AvgIpc) is 3.13. The first kappa shape index (κ1) is 18.0. The van der Waals surface area contributed by atoms with Gasteiger partial charge in [0, 0.05) is 35.4 Å². The fourth-order valence-electron chi connectivity index (χ4n) is 3.06. The molecule has 0 spiro atoms. The molecule has 0 saturated carbocycles. The molecule has 2 aliphatic rings. The number of amidine groups is 1. The number of carbonyl (C=O) groups is 1. The number of pyridine rings is 1. The van der Waals surface area contributed by atoms with Crippen LogP contribution in [0.25, 0.3) is 0 Å². The van der Waals surface area contributed by atoms with Crippen LogP contribution in [0.1, 0.15) is 15.9 Å². The highest BCUT2D eigenvalue weighted by Crippen LogP contribution is 2.34. The summed E-state index contributed by atoms with van der Waals surface area (Å²) in [7, 11) is -2.96. The minimum Gasteiger partial charge on any atom is -0.348 e. The molecule has 140 valence electrons. The van der Waals surface area contributed by atoms with Crippen LogP contribution in [0.3, 0.4) is 0 Å². The molecule has 1 aromatic heterocycles. The predicted octanol–water partition coefficient (Wildman–Crippen LogP) is 1.69. The summed E-state index contributed by atoms with van der Waals surface area (Å²) < 4.78 is 23.3. The van der Waals surface area contributed by atoms with Crippen LogP contribution < -0.4 is 10.6 Å². The lowest BCUT2D eigenvalue weighted by atomic mass is 10.2. The number of thioether (sulfide) groups is 1. The molecule has 9 heteroatoms. The summed E-state index contributed by atoms with van der Waals surface area (Å²) in [5, 5.41) is 6.75. The number of anilines is 1. The zero-order chi connectivity index (χ0) is 18.9. The standard InChI is InChI=1S/C18H18N4O3S2/c23-17(20-9-12-3-2-6-19-8-12)13-4-1-5-14(7-13)21-18-22-15-10-27(24,25)11-16(15)26-18/h1-8,15-16H,9-11H2,(H,20,23)(H,21,22)/t15-,16-/m0/s1. The monoisotopic (exact) mass is 402 g/mol. The Morgan fingerprint density at radius 1 is 1.22 bits per heavy atom. The second-order valence-electron chi connectivity index (χ2n) is 6.48. The van der Waals surface area contributed by atoms with Crippen molar-refractivity contribution in [3.05, 3.63) is 59.9 Å². The van der Waals surface area contributed by atoms with E-state index in [-0.39, 0.29) is 28.7 Å². The summed E-state index contributed by atoms with van der Waals surface area (Å²) >= 11 is 1.45. The van der Waals surface area contributed by atoms with Gasteiger partial charge in [0.15, 0.2) is 15.0 Å². The maximum atomic E-state index is 12.4. The zero-order valence-electron chi connectivity index (χ0n) is 14.3. The molecule has 4 rings (SSSR count). The Labute approximate surface area is 161 Å². The Bertz CT molecular complexity index is 993. The SMILES string of the molecule is O=C(NCc1cccnc1)c1cccc(NC2=N[C@H]3CS(=O)(=O)C[C@@H]3S2)c1. The number of fused-ring (bicyclic) bond motifs is 1. The van der Waals surface area contributed by atoms with Crippen molar-refractivity contribution >= 4 is 38.4 Å². The lowest BCUT2D eigenvalue weighted by Gasteiger charge is -2.09. The van der Waals surface area contributed by atoms with E-state index in [0.29, 0.717) is 17.3 Å². The first-order chi connectivity index (χ1) is 13.0. The number of sulfone groups is 1. The summed E-state index contributed by atoms with van der Waals surface area (Å²) in [5.41, 5.74) is 2.21. The molecule has 1 amide bonds. The molecule has 1 aromatic carbocycles. The Kier molecular flexibility index (Phi) is 4.88. The molecule has 0 aliphatic carbocycles. The van der Waals surface area contributed by atoms with Crippen molar-refractivity contribution in [3.63, 3.8) is 0 Å². The summed E-state index contributed by atoms with van der Waals surface area (Å²) in [5.74, 6) is 0.118. The van der Waals surface area contributed by atoms with Crippen LogP contribution in [0.2, 0.25) is 0 Å². The van der Waals surface area contributed by atoms with Gasteiger partial charge in [-0.15, -0.1) is 0 Å². The first-order valence-electron chi connectivity index (χ1n) is 8.48. The van der Waals surface area contributed by atoms with E-state index < -0.39 is 9.84 Å². The van der Waals surface area contributed by atoms with Crippen molar-refractivity contribution in [2.45, 2.75) is 17.8 Å². The van der Waals surface area contributed by atoms with Gasteiger partial charge >= 0.3 is 0 Å². The van der Waals surface area contributed by atoms with Gasteiger partial charge in [-0.2, -0.15) is 0 Å². The van der Waals surface area contributed by atoms with E-state index in [1.54, 1.807) is 30.6 Å². The molecule has 0 unspecified atom stereocenters. The van der Waals surface area contributed by atoms with Crippen LogP contribution in [0, 0.1) is 0 Å². The van der Waals surface area contributed by atoms with E-state index >= 15 is 0 Å². The van der Waals surface area contributed by atoms with Crippen LogP contribution >= 0.6 is 11.8 Å². The average molecular weight is 403 g/mol. The largest absolute Gasteiger partial charge is 0.348 e. The van der Waals surface area contributed by atoms with Gasteiger partial charge in [0.2, 0.25) is 0 Å². The van der Waals surface area contributed by atoms with Crippen molar-refractivity contribution in [2.75, 3.05) is 16.8 Å². The zero-order valence-corrected chi connectivity index (χ0v) is 16.0. The third kappa shape index (κ3) is 4.30.